The molecular formula is C20H20N6O. The summed E-state index contributed by atoms with van der Waals surface area (Å²) >= 11 is 0. The lowest BCUT2D eigenvalue weighted by Crippen LogP contribution is -2.26. The summed E-state index contributed by atoms with van der Waals surface area (Å²) in [4.78, 5) is 19.6. The highest BCUT2D eigenvalue weighted by molar-refractivity contribution is 5.53. The Hall–Kier alpha value is -3.24. The van der Waals surface area contributed by atoms with Crippen LogP contribution >= 0.6 is 0 Å². The monoisotopic (exact) mass is 360 g/mol. The minimum atomic E-state index is -0.216. The van der Waals surface area contributed by atoms with Crippen LogP contribution in [-0.4, -0.2) is 25.8 Å². The number of aromatic nitrogens is 4. The number of nitrogens with two attached hydrogens (primary N) is 1. The zero-order valence-electron chi connectivity index (χ0n) is 14.8. The maximum atomic E-state index is 12.2. The molecule has 0 bridgehead atoms. The van der Waals surface area contributed by atoms with E-state index in [0.717, 1.165) is 37.2 Å². The van der Waals surface area contributed by atoms with Gasteiger partial charge in [-0.25, -0.2) is 9.67 Å². The van der Waals surface area contributed by atoms with Crippen molar-refractivity contribution in [2.24, 2.45) is 5.73 Å². The van der Waals surface area contributed by atoms with E-state index in [0.29, 0.717) is 17.0 Å². The minimum Gasteiger partial charge on any atom is -0.328 e. The molecule has 0 saturated heterocycles. The van der Waals surface area contributed by atoms with Crippen molar-refractivity contribution in [3.05, 3.63) is 64.3 Å². The zero-order valence-corrected chi connectivity index (χ0v) is 14.8. The first-order valence-electron chi connectivity index (χ1n) is 9.07. The normalized spacial score (nSPS) is 19.6. The molecular weight excluding hydrogens is 340 g/mol. The predicted octanol–water partition coefficient (Wildman–Crippen LogP) is 2.48. The van der Waals surface area contributed by atoms with Gasteiger partial charge in [-0.15, -0.1) is 5.10 Å². The number of aromatic amines is 1. The minimum absolute atomic E-state index is 0.216. The molecule has 0 unspecified atom stereocenters. The largest absolute Gasteiger partial charge is 0.328 e. The lowest BCUT2D eigenvalue weighted by atomic mass is 9.86. The van der Waals surface area contributed by atoms with E-state index in [1.807, 2.05) is 12.1 Å². The Bertz CT molecular complexity index is 1040. The summed E-state index contributed by atoms with van der Waals surface area (Å²) in [7, 11) is 0. The van der Waals surface area contributed by atoms with Gasteiger partial charge in [-0.1, -0.05) is 0 Å². The smallest absolute Gasteiger partial charge is 0.259 e. The van der Waals surface area contributed by atoms with Crippen molar-refractivity contribution in [2.75, 3.05) is 0 Å². The summed E-state index contributed by atoms with van der Waals surface area (Å²) in [6, 6.07) is 13.1. The summed E-state index contributed by atoms with van der Waals surface area (Å²) in [5.41, 5.74) is 7.69. The van der Waals surface area contributed by atoms with E-state index in [1.54, 1.807) is 35.1 Å². The Kier molecular flexibility index (Phi) is 4.57. The SMILES string of the molecule is N#Cc1ccc(-n2nc(-c3ccc[nH]c3=O)nc2C2CCC(N)CC2)cc1. The Morgan fingerprint density at radius 1 is 1.15 bits per heavy atom. The van der Waals surface area contributed by atoms with Crippen molar-refractivity contribution < 1.29 is 0 Å². The van der Waals surface area contributed by atoms with Crippen molar-refractivity contribution in [1.29, 1.82) is 5.26 Å². The first-order valence-corrected chi connectivity index (χ1v) is 9.07. The van der Waals surface area contributed by atoms with Crippen LogP contribution in [0.5, 0.6) is 0 Å². The highest BCUT2D eigenvalue weighted by Gasteiger charge is 2.26. The number of hydrogen-bond donors (Lipinski definition) is 2. The molecule has 0 atom stereocenters. The molecule has 136 valence electrons. The first kappa shape index (κ1) is 17.2. The van der Waals surface area contributed by atoms with Crippen molar-refractivity contribution in [3.63, 3.8) is 0 Å². The number of hydrogen-bond acceptors (Lipinski definition) is 5. The summed E-state index contributed by atoms with van der Waals surface area (Å²) < 4.78 is 1.80. The fraction of sp³-hybridized carbons (Fsp3) is 0.300. The fourth-order valence-electron chi connectivity index (χ4n) is 3.54. The molecule has 1 aromatic carbocycles. The van der Waals surface area contributed by atoms with Crippen LogP contribution in [0.15, 0.2) is 47.4 Å². The van der Waals surface area contributed by atoms with Gasteiger partial charge in [-0.3, -0.25) is 4.79 Å². The van der Waals surface area contributed by atoms with E-state index in [2.05, 4.69) is 16.2 Å². The molecule has 4 rings (SSSR count). The average Bonchev–Trinajstić information content (AvgIpc) is 3.14. The quantitative estimate of drug-likeness (QED) is 0.745. The van der Waals surface area contributed by atoms with Crippen LogP contribution < -0.4 is 11.3 Å². The van der Waals surface area contributed by atoms with Gasteiger partial charge in [0.25, 0.3) is 5.56 Å². The van der Waals surface area contributed by atoms with Gasteiger partial charge in [0.05, 0.1) is 22.9 Å². The number of H-pyrrole nitrogens is 1. The first-order chi connectivity index (χ1) is 13.2. The number of rotatable bonds is 3. The van der Waals surface area contributed by atoms with Crippen LogP contribution in [0, 0.1) is 11.3 Å². The van der Waals surface area contributed by atoms with Gasteiger partial charge in [0, 0.05) is 18.2 Å². The second-order valence-corrected chi connectivity index (χ2v) is 6.89. The topological polar surface area (TPSA) is 113 Å². The van der Waals surface area contributed by atoms with Crippen LogP contribution in [-0.2, 0) is 0 Å². The van der Waals surface area contributed by atoms with Gasteiger partial charge in [-0.2, -0.15) is 5.26 Å². The Balaban J connectivity index is 1.81. The molecule has 3 aromatic rings. The molecule has 3 N–H and O–H groups in total. The maximum absolute atomic E-state index is 12.2. The van der Waals surface area contributed by atoms with Crippen molar-refractivity contribution in [2.45, 2.75) is 37.6 Å². The third-order valence-corrected chi connectivity index (χ3v) is 5.07. The van der Waals surface area contributed by atoms with Crippen molar-refractivity contribution >= 4 is 0 Å². The molecule has 0 amide bonds. The molecule has 1 aliphatic rings. The fourth-order valence-corrected chi connectivity index (χ4v) is 3.54. The number of nitrogens with zero attached hydrogens (tertiary/aromatic N) is 4. The average molecular weight is 360 g/mol. The molecule has 1 fully saturated rings. The highest BCUT2D eigenvalue weighted by atomic mass is 16.1. The van der Waals surface area contributed by atoms with Gasteiger partial charge >= 0.3 is 0 Å². The lowest BCUT2D eigenvalue weighted by Gasteiger charge is -2.25. The summed E-state index contributed by atoms with van der Waals surface area (Å²) in [5, 5.41) is 13.7. The molecule has 0 aliphatic heterocycles. The third-order valence-electron chi connectivity index (χ3n) is 5.07. The van der Waals surface area contributed by atoms with E-state index in [4.69, 9.17) is 16.0 Å². The number of nitrogens with one attached hydrogen (secondary N) is 1. The van der Waals surface area contributed by atoms with Gasteiger partial charge in [-0.05, 0) is 62.1 Å². The Labute approximate surface area is 156 Å². The van der Waals surface area contributed by atoms with E-state index >= 15 is 0 Å². The standard InChI is InChI=1S/C20H20N6O/c21-12-13-3-9-16(10-4-13)26-19(14-5-7-15(22)8-6-14)24-18(25-26)17-2-1-11-23-20(17)27/h1-4,9-11,14-15H,5-8,22H2,(H,23,27). The van der Waals surface area contributed by atoms with E-state index < -0.39 is 0 Å². The molecule has 27 heavy (non-hydrogen) atoms. The van der Waals surface area contributed by atoms with Gasteiger partial charge < -0.3 is 10.7 Å². The number of nitriles is 1. The van der Waals surface area contributed by atoms with Crippen LogP contribution in [0.4, 0.5) is 0 Å². The molecule has 0 radical (unpaired) electrons. The number of pyridine rings is 1. The summed E-state index contributed by atoms with van der Waals surface area (Å²) in [6.07, 6.45) is 5.38. The predicted molar refractivity (Wildman–Crippen MR) is 101 cm³/mol. The molecule has 7 heteroatoms. The second kappa shape index (κ2) is 7.17. The van der Waals surface area contributed by atoms with Crippen LogP contribution in [0.2, 0.25) is 0 Å². The molecule has 0 spiro atoms. The number of benzene rings is 1. The molecule has 2 aromatic heterocycles. The van der Waals surface area contributed by atoms with Crippen LogP contribution in [0.3, 0.4) is 0 Å². The van der Waals surface area contributed by atoms with Crippen molar-refractivity contribution in [1.82, 2.24) is 19.7 Å². The van der Waals surface area contributed by atoms with Crippen molar-refractivity contribution in [3.8, 4) is 23.1 Å². The zero-order chi connectivity index (χ0) is 18.8. The molecule has 1 saturated carbocycles. The highest BCUT2D eigenvalue weighted by Crippen LogP contribution is 2.33. The van der Waals surface area contributed by atoms with Crippen LogP contribution in [0.1, 0.15) is 43.0 Å². The maximum Gasteiger partial charge on any atom is 0.259 e. The van der Waals surface area contributed by atoms with E-state index in [9.17, 15) is 4.79 Å². The molecule has 2 heterocycles. The van der Waals surface area contributed by atoms with Gasteiger partial charge in [0.2, 0.25) is 0 Å². The van der Waals surface area contributed by atoms with E-state index in [-0.39, 0.29) is 17.5 Å². The Morgan fingerprint density at radius 2 is 1.89 bits per heavy atom. The van der Waals surface area contributed by atoms with E-state index in [1.165, 1.54) is 0 Å². The summed E-state index contributed by atoms with van der Waals surface area (Å²) in [6.45, 7) is 0. The molecule has 1 aliphatic carbocycles. The molecule has 7 nitrogen and oxygen atoms in total. The van der Waals surface area contributed by atoms with Crippen LogP contribution in [0.25, 0.3) is 17.1 Å². The summed E-state index contributed by atoms with van der Waals surface area (Å²) in [5.74, 6) is 1.49. The second-order valence-electron chi connectivity index (χ2n) is 6.89. The van der Waals surface area contributed by atoms with Gasteiger partial charge in [0.15, 0.2) is 5.82 Å². The Morgan fingerprint density at radius 3 is 2.56 bits per heavy atom. The lowest BCUT2D eigenvalue weighted by molar-refractivity contribution is 0.380. The third kappa shape index (κ3) is 3.39. The van der Waals surface area contributed by atoms with Gasteiger partial charge in [0.1, 0.15) is 5.82 Å².